The van der Waals surface area contributed by atoms with E-state index in [1.165, 1.54) is 28.8 Å². The first-order valence-electron chi connectivity index (χ1n) is 8.60. The van der Waals surface area contributed by atoms with Gasteiger partial charge >= 0.3 is 0 Å². The molecule has 0 saturated carbocycles. The number of nitrogens with zero attached hydrogens (tertiary/aromatic N) is 4. The molecule has 2 aromatic carbocycles. The van der Waals surface area contributed by atoms with Crippen LogP contribution in [-0.4, -0.2) is 28.6 Å². The average Bonchev–Trinajstić information content (AvgIpc) is 3.03. The predicted octanol–water partition coefficient (Wildman–Crippen LogP) is 3.83. The molecule has 0 spiro atoms. The molecule has 0 aliphatic rings. The molecular weight excluding hydrogens is 376 g/mol. The molecule has 0 amide bonds. The van der Waals surface area contributed by atoms with Gasteiger partial charge in [-0.05, 0) is 44.2 Å². The smallest absolute Gasteiger partial charge is 0.170 e. The maximum atomic E-state index is 14.9. The molecule has 0 saturated heterocycles. The molecule has 8 heteroatoms. The van der Waals surface area contributed by atoms with E-state index in [2.05, 4.69) is 9.98 Å². The highest BCUT2D eigenvalue weighted by atomic mass is 19.1. The van der Waals surface area contributed by atoms with Crippen LogP contribution in [-0.2, 0) is 0 Å². The minimum absolute atomic E-state index is 0.0865. The summed E-state index contributed by atoms with van der Waals surface area (Å²) in [6.45, 7) is 3.35. The van der Waals surface area contributed by atoms with Crippen molar-refractivity contribution < 1.29 is 13.6 Å². The number of nitrogens with two attached hydrogens (primary N) is 1. The van der Waals surface area contributed by atoms with Crippen LogP contribution in [0.1, 0.15) is 34.2 Å². The van der Waals surface area contributed by atoms with Crippen LogP contribution in [0, 0.1) is 29.9 Å². The summed E-state index contributed by atoms with van der Waals surface area (Å²) in [5.74, 6) is -1.21. The molecule has 1 heterocycles. The lowest BCUT2D eigenvalue weighted by Gasteiger charge is -2.15. The number of nitriles is 1. The van der Waals surface area contributed by atoms with Crippen molar-refractivity contribution in [2.45, 2.75) is 13.8 Å². The molecule has 2 N–H and O–H groups in total. The van der Waals surface area contributed by atoms with Gasteiger partial charge in [0.05, 0.1) is 16.9 Å². The molecule has 29 heavy (non-hydrogen) atoms. The Hall–Kier alpha value is -3.86. The lowest BCUT2D eigenvalue weighted by Crippen LogP contribution is -2.08. The summed E-state index contributed by atoms with van der Waals surface area (Å²) in [5, 5.41) is 8.94. The first kappa shape index (κ1) is 19.9. The second kappa shape index (κ2) is 7.64. The van der Waals surface area contributed by atoms with Crippen LogP contribution in [0.3, 0.4) is 0 Å². The minimum atomic E-state index is -0.739. The normalized spacial score (nSPS) is 11.4. The van der Waals surface area contributed by atoms with Gasteiger partial charge < -0.3 is 5.73 Å². The number of hydrogen-bond donors (Lipinski definition) is 1. The molecule has 3 rings (SSSR count). The van der Waals surface area contributed by atoms with Crippen molar-refractivity contribution in [3.05, 3.63) is 64.5 Å². The number of rotatable bonds is 4. The first-order chi connectivity index (χ1) is 13.8. The molecule has 0 radical (unpaired) electrons. The SMILES string of the molecule is CN=C(C)c1cc(-n2c(-c3ccc(C#N)c(F)c3)nc(C=O)c2C)c(F)cc1N. The van der Waals surface area contributed by atoms with Gasteiger partial charge in [-0.3, -0.25) is 14.4 Å². The largest absolute Gasteiger partial charge is 0.398 e. The fourth-order valence-electron chi connectivity index (χ4n) is 3.05. The summed E-state index contributed by atoms with van der Waals surface area (Å²) in [6.07, 6.45) is 0.546. The number of carbonyl (C=O) groups is 1. The van der Waals surface area contributed by atoms with Crippen molar-refractivity contribution in [3.8, 4) is 23.1 Å². The molecule has 1 aromatic heterocycles. The van der Waals surface area contributed by atoms with E-state index in [0.717, 1.165) is 6.07 Å². The molecular formula is C21H17F2N5O. The third kappa shape index (κ3) is 3.38. The zero-order valence-electron chi connectivity index (χ0n) is 16.0. The lowest BCUT2D eigenvalue weighted by molar-refractivity contribution is 0.111. The van der Waals surface area contributed by atoms with E-state index in [9.17, 15) is 13.6 Å². The molecule has 0 bridgehead atoms. The van der Waals surface area contributed by atoms with Crippen molar-refractivity contribution in [3.63, 3.8) is 0 Å². The van der Waals surface area contributed by atoms with Gasteiger partial charge in [-0.15, -0.1) is 0 Å². The third-order valence-corrected chi connectivity index (χ3v) is 4.69. The van der Waals surface area contributed by atoms with Gasteiger partial charge in [0.1, 0.15) is 29.2 Å². The Morgan fingerprint density at radius 3 is 2.59 bits per heavy atom. The Morgan fingerprint density at radius 2 is 2.00 bits per heavy atom. The van der Waals surface area contributed by atoms with Crippen molar-refractivity contribution in [1.29, 1.82) is 5.26 Å². The molecule has 0 atom stereocenters. The Kier molecular flexibility index (Phi) is 5.24. The van der Waals surface area contributed by atoms with Crippen LogP contribution in [0.25, 0.3) is 17.1 Å². The monoisotopic (exact) mass is 393 g/mol. The number of nitrogen functional groups attached to an aromatic ring is 1. The van der Waals surface area contributed by atoms with Gasteiger partial charge in [-0.2, -0.15) is 5.26 Å². The van der Waals surface area contributed by atoms with Gasteiger partial charge in [0.15, 0.2) is 6.29 Å². The van der Waals surface area contributed by atoms with Crippen LogP contribution >= 0.6 is 0 Å². The van der Waals surface area contributed by atoms with Crippen LogP contribution in [0.2, 0.25) is 0 Å². The van der Waals surface area contributed by atoms with Crippen LogP contribution in [0.15, 0.2) is 35.3 Å². The number of aromatic nitrogens is 2. The summed E-state index contributed by atoms with van der Waals surface area (Å²) in [4.78, 5) is 19.8. The van der Waals surface area contributed by atoms with E-state index in [1.54, 1.807) is 27.0 Å². The Morgan fingerprint density at radius 1 is 1.28 bits per heavy atom. The van der Waals surface area contributed by atoms with E-state index in [4.69, 9.17) is 11.0 Å². The maximum absolute atomic E-state index is 14.9. The Bertz CT molecular complexity index is 1200. The molecule has 0 unspecified atom stereocenters. The van der Waals surface area contributed by atoms with Crippen LogP contribution in [0.4, 0.5) is 14.5 Å². The van der Waals surface area contributed by atoms with Crippen LogP contribution in [0.5, 0.6) is 0 Å². The van der Waals surface area contributed by atoms with Gasteiger partial charge in [0, 0.05) is 29.6 Å². The fraction of sp³-hybridized carbons (Fsp3) is 0.143. The number of aldehydes is 1. The highest BCUT2D eigenvalue weighted by Crippen LogP contribution is 2.30. The molecule has 0 aliphatic carbocycles. The standard InChI is InChI=1S/C21H17F2N5O/c1-11(26-3)15-7-20(17(23)8-18(15)25)28-12(2)19(10-29)27-21(28)13-4-5-14(9-24)16(22)6-13/h4-8,10H,25H2,1-3H3. The van der Waals surface area contributed by atoms with Crippen molar-refractivity contribution in [2.75, 3.05) is 12.8 Å². The highest BCUT2D eigenvalue weighted by Gasteiger charge is 2.21. The molecule has 3 aromatic rings. The molecule has 6 nitrogen and oxygen atoms in total. The van der Waals surface area contributed by atoms with Gasteiger partial charge in [0.25, 0.3) is 0 Å². The average molecular weight is 393 g/mol. The van der Waals surface area contributed by atoms with Gasteiger partial charge in [-0.1, -0.05) is 0 Å². The van der Waals surface area contributed by atoms with Gasteiger partial charge in [-0.25, -0.2) is 13.8 Å². The molecule has 146 valence electrons. The number of benzene rings is 2. The second-order valence-electron chi connectivity index (χ2n) is 6.37. The van der Waals surface area contributed by atoms with Crippen LogP contribution < -0.4 is 5.73 Å². The summed E-state index contributed by atoms with van der Waals surface area (Å²) < 4.78 is 30.5. The molecule has 0 fully saturated rings. The fourth-order valence-corrected chi connectivity index (χ4v) is 3.05. The second-order valence-corrected chi connectivity index (χ2v) is 6.37. The summed E-state index contributed by atoms with van der Waals surface area (Å²) in [7, 11) is 1.59. The van der Waals surface area contributed by atoms with E-state index >= 15 is 0 Å². The quantitative estimate of drug-likeness (QED) is 0.414. The van der Waals surface area contributed by atoms with Crippen molar-refractivity contribution in [2.24, 2.45) is 4.99 Å². The Labute approximate surface area is 165 Å². The van der Waals surface area contributed by atoms with E-state index in [-0.39, 0.29) is 34.0 Å². The third-order valence-electron chi connectivity index (χ3n) is 4.69. The number of imidazole rings is 1. The zero-order valence-corrected chi connectivity index (χ0v) is 16.0. The number of halogens is 2. The maximum Gasteiger partial charge on any atom is 0.170 e. The van der Waals surface area contributed by atoms with E-state index in [1.807, 2.05) is 0 Å². The van der Waals surface area contributed by atoms with Crippen molar-refractivity contribution in [1.82, 2.24) is 9.55 Å². The lowest BCUT2D eigenvalue weighted by atomic mass is 10.1. The summed E-state index contributed by atoms with van der Waals surface area (Å²) in [6, 6.07) is 8.35. The Balaban J connectivity index is 2.34. The topological polar surface area (TPSA) is 97.1 Å². The number of hydrogen-bond acceptors (Lipinski definition) is 5. The van der Waals surface area contributed by atoms with Gasteiger partial charge in [0.2, 0.25) is 0 Å². The number of anilines is 1. The first-order valence-corrected chi connectivity index (χ1v) is 8.60. The highest BCUT2D eigenvalue weighted by molar-refractivity contribution is 6.03. The van der Waals surface area contributed by atoms with Crippen molar-refractivity contribution >= 4 is 17.7 Å². The minimum Gasteiger partial charge on any atom is -0.398 e. The summed E-state index contributed by atoms with van der Waals surface area (Å²) in [5.41, 5.74) is 7.99. The number of aliphatic imine (C=N–C) groups is 1. The summed E-state index contributed by atoms with van der Waals surface area (Å²) >= 11 is 0. The molecule has 0 aliphatic heterocycles. The number of carbonyl (C=O) groups excluding carboxylic acids is 1. The zero-order chi connectivity index (χ0) is 21.3. The van der Waals surface area contributed by atoms with E-state index in [0.29, 0.717) is 23.3 Å². The predicted molar refractivity (Wildman–Crippen MR) is 106 cm³/mol. The van der Waals surface area contributed by atoms with E-state index < -0.39 is 11.6 Å².